The Morgan fingerprint density at radius 1 is 1.00 bits per heavy atom. The Balaban J connectivity index is 1.45. The van der Waals surface area contributed by atoms with E-state index in [2.05, 4.69) is 5.43 Å². The first kappa shape index (κ1) is 18.2. The summed E-state index contributed by atoms with van der Waals surface area (Å²) in [4.78, 5) is 36.9. The van der Waals surface area contributed by atoms with Crippen molar-refractivity contribution in [2.45, 2.75) is 6.61 Å². The highest BCUT2D eigenvalue weighted by molar-refractivity contribution is 6.29. The van der Waals surface area contributed by atoms with Crippen LogP contribution in [0.1, 0.15) is 21.7 Å². The van der Waals surface area contributed by atoms with Crippen molar-refractivity contribution in [2.24, 2.45) is 0 Å². The van der Waals surface area contributed by atoms with Crippen molar-refractivity contribution in [1.82, 2.24) is 10.4 Å². The third-order valence-corrected chi connectivity index (χ3v) is 4.27. The van der Waals surface area contributed by atoms with Gasteiger partial charge in [0.05, 0.1) is 6.26 Å². The summed E-state index contributed by atoms with van der Waals surface area (Å²) in [6, 6.07) is 19.7. The summed E-state index contributed by atoms with van der Waals surface area (Å²) in [5, 5.41) is 0.643. The predicted molar refractivity (Wildman–Crippen MR) is 103 cm³/mol. The summed E-state index contributed by atoms with van der Waals surface area (Å²) in [6.07, 6.45) is 2.74. The molecule has 1 aromatic heterocycles. The molecule has 1 saturated heterocycles. The summed E-state index contributed by atoms with van der Waals surface area (Å²) >= 11 is 0. The molecule has 0 aliphatic carbocycles. The highest BCUT2D eigenvalue weighted by Gasteiger charge is 2.38. The number of ether oxygens (including phenoxy) is 1. The lowest BCUT2D eigenvalue weighted by atomic mass is 10.1. The number of carbonyl (C=O) groups is 3. The summed E-state index contributed by atoms with van der Waals surface area (Å²) in [7, 11) is 0. The summed E-state index contributed by atoms with van der Waals surface area (Å²) in [6.45, 7) is 0.437. The quantitative estimate of drug-likeness (QED) is 0.412. The van der Waals surface area contributed by atoms with E-state index < -0.39 is 17.7 Å². The number of imide groups is 1. The van der Waals surface area contributed by atoms with Crippen molar-refractivity contribution in [3.8, 4) is 5.75 Å². The van der Waals surface area contributed by atoms with Gasteiger partial charge in [0.25, 0.3) is 11.8 Å². The number of hydrogen-bond acceptors (Lipinski definition) is 5. The number of hydrazine groups is 1. The highest BCUT2D eigenvalue weighted by atomic mass is 16.5. The van der Waals surface area contributed by atoms with Crippen molar-refractivity contribution >= 4 is 23.8 Å². The Bertz CT molecular complexity index is 1070. The van der Waals surface area contributed by atoms with E-state index in [0.717, 1.165) is 5.56 Å². The molecule has 3 aromatic rings. The number of carbonyl (C=O) groups excluding carboxylic acids is 3. The van der Waals surface area contributed by atoms with Gasteiger partial charge in [-0.3, -0.25) is 19.8 Å². The van der Waals surface area contributed by atoms with Crippen LogP contribution in [0.4, 0.5) is 0 Å². The Labute approximate surface area is 166 Å². The standard InChI is InChI=1S/C22H16N2O5/c25-20-18(21(26)24(23-20)22(27)19-7-4-12-28-19)13-15-8-10-17(11-9-15)29-14-16-5-2-1-3-6-16/h1-13H,14H2,(H,23,25)/b18-13+. The van der Waals surface area contributed by atoms with Gasteiger partial charge in [-0.1, -0.05) is 42.5 Å². The first-order chi connectivity index (χ1) is 14.1. The Morgan fingerprint density at radius 2 is 1.76 bits per heavy atom. The van der Waals surface area contributed by atoms with Crippen LogP contribution in [0.15, 0.2) is 83.0 Å². The van der Waals surface area contributed by atoms with Gasteiger partial charge in [0.1, 0.15) is 17.9 Å². The monoisotopic (exact) mass is 388 g/mol. The van der Waals surface area contributed by atoms with Gasteiger partial charge in [0.15, 0.2) is 5.76 Å². The molecule has 2 aromatic carbocycles. The van der Waals surface area contributed by atoms with Gasteiger partial charge in [0, 0.05) is 0 Å². The highest BCUT2D eigenvalue weighted by Crippen LogP contribution is 2.20. The third-order valence-electron chi connectivity index (χ3n) is 4.27. The normalized spacial score (nSPS) is 14.9. The number of rotatable bonds is 5. The van der Waals surface area contributed by atoms with E-state index in [0.29, 0.717) is 22.9 Å². The van der Waals surface area contributed by atoms with Crippen LogP contribution in [-0.2, 0) is 16.2 Å². The Kier molecular flexibility index (Phi) is 4.94. The Hall–Kier alpha value is -4.13. The molecule has 2 heterocycles. The molecule has 1 N–H and O–H groups in total. The molecule has 7 heteroatoms. The minimum Gasteiger partial charge on any atom is -0.489 e. The molecule has 144 valence electrons. The second-order valence-electron chi connectivity index (χ2n) is 6.27. The maximum Gasteiger partial charge on any atom is 0.315 e. The van der Waals surface area contributed by atoms with E-state index in [1.165, 1.54) is 24.5 Å². The molecule has 1 aliphatic rings. The number of benzene rings is 2. The maximum absolute atomic E-state index is 12.5. The fourth-order valence-corrected chi connectivity index (χ4v) is 2.78. The third kappa shape index (κ3) is 3.93. The van der Waals surface area contributed by atoms with Crippen molar-refractivity contribution in [3.63, 3.8) is 0 Å². The second kappa shape index (κ2) is 7.85. The summed E-state index contributed by atoms with van der Waals surface area (Å²) < 4.78 is 10.7. The van der Waals surface area contributed by atoms with Crippen LogP contribution >= 0.6 is 0 Å². The SMILES string of the molecule is O=C1NN(C(=O)c2ccco2)C(=O)/C1=C/c1ccc(OCc2ccccc2)cc1. The first-order valence-corrected chi connectivity index (χ1v) is 8.83. The zero-order valence-electron chi connectivity index (χ0n) is 15.2. The average molecular weight is 388 g/mol. The fourth-order valence-electron chi connectivity index (χ4n) is 2.78. The topological polar surface area (TPSA) is 88.9 Å². The van der Waals surface area contributed by atoms with E-state index in [-0.39, 0.29) is 11.3 Å². The van der Waals surface area contributed by atoms with Crippen LogP contribution < -0.4 is 10.2 Å². The molecule has 0 atom stereocenters. The zero-order valence-corrected chi connectivity index (χ0v) is 15.2. The summed E-state index contributed by atoms with van der Waals surface area (Å²) in [5.74, 6) is -1.51. The summed E-state index contributed by atoms with van der Waals surface area (Å²) in [5.41, 5.74) is 3.79. The lowest BCUT2D eigenvalue weighted by Gasteiger charge is -2.09. The van der Waals surface area contributed by atoms with Crippen molar-refractivity contribution in [3.05, 3.63) is 95.5 Å². The lowest BCUT2D eigenvalue weighted by molar-refractivity contribution is -0.125. The molecule has 1 aliphatic heterocycles. The molecule has 0 radical (unpaired) electrons. The van der Waals surface area contributed by atoms with Crippen LogP contribution in [0.2, 0.25) is 0 Å². The minimum atomic E-state index is -0.735. The van der Waals surface area contributed by atoms with Gasteiger partial charge < -0.3 is 9.15 Å². The van der Waals surface area contributed by atoms with Gasteiger partial charge in [-0.25, -0.2) is 0 Å². The number of furan rings is 1. The van der Waals surface area contributed by atoms with Gasteiger partial charge in [0.2, 0.25) is 0 Å². The van der Waals surface area contributed by atoms with Gasteiger partial charge in [-0.05, 0) is 41.5 Å². The molecule has 3 amide bonds. The molecular weight excluding hydrogens is 372 g/mol. The van der Waals surface area contributed by atoms with Crippen LogP contribution in [0.3, 0.4) is 0 Å². The molecule has 0 unspecified atom stereocenters. The van der Waals surface area contributed by atoms with E-state index in [9.17, 15) is 14.4 Å². The fraction of sp³-hybridized carbons (Fsp3) is 0.0455. The van der Waals surface area contributed by atoms with Gasteiger partial charge >= 0.3 is 5.91 Å². The molecule has 1 fully saturated rings. The second-order valence-corrected chi connectivity index (χ2v) is 6.27. The van der Waals surface area contributed by atoms with E-state index in [1.807, 2.05) is 30.3 Å². The van der Waals surface area contributed by atoms with Crippen molar-refractivity contribution in [1.29, 1.82) is 0 Å². The van der Waals surface area contributed by atoms with Gasteiger partial charge in [-0.15, -0.1) is 0 Å². The van der Waals surface area contributed by atoms with Crippen molar-refractivity contribution < 1.29 is 23.5 Å². The lowest BCUT2D eigenvalue weighted by Crippen LogP contribution is -2.40. The number of nitrogens with one attached hydrogen (secondary N) is 1. The molecule has 29 heavy (non-hydrogen) atoms. The average Bonchev–Trinajstić information content (AvgIpc) is 3.38. The smallest absolute Gasteiger partial charge is 0.315 e. The molecule has 0 spiro atoms. The first-order valence-electron chi connectivity index (χ1n) is 8.83. The predicted octanol–water partition coefficient (Wildman–Crippen LogP) is 2.96. The van der Waals surface area contributed by atoms with E-state index in [1.54, 1.807) is 24.3 Å². The maximum atomic E-state index is 12.5. The van der Waals surface area contributed by atoms with Crippen LogP contribution in [0, 0.1) is 0 Å². The Morgan fingerprint density at radius 3 is 2.45 bits per heavy atom. The number of amides is 3. The number of nitrogens with zero attached hydrogens (tertiary/aromatic N) is 1. The van der Waals surface area contributed by atoms with E-state index in [4.69, 9.17) is 9.15 Å². The molecule has 7 nitrogen and oxygen atoms in total. The minimum absolute atomic E-state index is 0.0418. The van der Waals surface area contributed by atoms with E-state index >= 15 is 0 Å². The van der Waals surface area contributed by atoms with Crippen LogP contribution in [0.5, 0.6) is 5.75 Å². The number of hydrogen-bond donors (Lipinski definition) is 1. The van der Waals surface area contributed by atoms with Crippen molar-refractivity contribution in [2.75, 3.05) is 0 Å². The van der Waals surface area contributed by atoms with Crippen LogP contribution in [0.25, 0.3) is 6.08 Å². The molecular formula is C22H16N2O5. The molecule has 0 saturated carbocycles. The zero-order chi connectivity index (χ0) is 20.2. The molecule has 4 rings (SSSR count). The molecule has 0 bridgehead atoms. The van der Waals surface area contributed by atoms with Crippen LogP contribution in [-0.4, -0.2) is 22.7 Å². The largest absolute Gasteiger partial charge is 0.489 e. The van der Waals surface area contributed by atoms with Gasteiger partial charge in [-0.2, -0.15) is 5.01 Å².